The normalized spacial score (nSPS) is 13.3. The molecular formula is C16H26BrNO2. The smallest absolute Gasteiger partial charge is 0.133 e. The van der Waals surface area contributed by atoms with Gasteiger partial charge in [0.15, 0.2) is 0 Å². The first-order valence-electron chi connectivity index (χ1n) is 7.05. The van der Waals surface area contributed by atoms with Crippen molar-refractivity contribution in [1.29, 1.82) is 0 Å². The lowest BCUT2D eigenvalue weighted by atomic mass is 9.92. The van der Waals surface area contributed by atoms with Gasteiger partial charge in [-0.15, -0.1) is 0 Å². The summed E-state index contributed by atoms with van der Waals surface area (Å²) in [5.41, 5.74) is 1.05. The molecule has 0 aliphatic rings. The maximum absolute atomic E-state index is 5.65. The van der Waals surface area contributed by atoms with E-state index in [2.05, 4.69) is 54.2 Å². The summed E-state index contributed by atoms with van der Waals surface area (Å²) >= 11 is 3.54. The minimum Gasteiger partial charge on any atom is -0.496 e. The summed E-state index contributed by atoms with van der Waals surface area (Å²) in [6, 6.07) is 6.49. The molecule has 0 radical (unpaired) electrons. The zero-order valence-corrected chi connectivity index (χ0v) is 14.7. The predicted octanol–water partition coefficient (Wildman–Crippen LogP) is 3.79. The fourth-order valence-corrected chi connectivity index (χ4v) is 2.69. The van der Waals surface area contributed by atoms with Crippen molar-refractivity contribution in [3.8, 4) is 5.75 Å². The van der Waals surface area contributed by atoms with Crippen LogP contribution in [0.1, 0.15) is 32.8 Å². The third kappa shape index (κ3) is 4.76. The van der Waals surface area contributed by atoms with Crippen LogP contribution in [0, 0.1) is 0 Å². The van der Waals surface area contributed by atoms with Crippen molar-refractivity contribution in [3.05, 3.63) is 28.2 Å². The molecule has 4 heteroatoms. The van der Waals surface area contributed by atoms with E-state index in [-0.39, 0.29) is 11.6 Å². The molecule has 0 amide bonds. The highest BCUT2D eigenvalue weighted by molar-refractivity contribution is 9.10. The number of benzene rings is 1. The van der Waals surface area contributed by atoms with Gasteiger partial charge in [0.1, 0.15) is 5.75 Å². The summed E-state index contributed by atoms with van der Waals surface area (Å²) in [6.07, 6.45) is 2.03. The molecule has 114 valence electrons. The molecule has 0 fully saturated rings. The Morgan fingerprint density at radius 1 is 1.30 bits per heavy atom. The van der Waals surface area contributed by atoms with Crippen LogP contribution in [0.15, 0.2) is 22.7 Å². The standard InChI is InChI=1S/C16H26BrNO2/c1-6-9-18-15(16(2,3)20-5)11-12-7-8-14(19-4)13(17)10-12/h7-8,10,15,18H,6,9,11H2,1-5H3. The van der Waals surface area contributed by atoms with Crippen LogP contribution in [-0.2, 0) is 11.2 Å². The van der Waals surface area contributed by atoms with E-state index >= 15 is 0 Å². The summed E-state index contributed by atoms with van der Waals surface area (Å²) in [4.78, 5) is 0. The van der Waals surface area contributed by atoms with Gasteiger partial charge in [-0.05, 0) is 66.9 Å². The van der Waals surface area contributed by atoms with Gasteiger partial charge in [-0.1, -0.05) is 13.0 Å². The zero-order valence-electron chi connectivity index (χ0n) is 13.1. The van der Waals surface area contributed by atoms with E-state index in [0.29, 0.717) is 0 Å². The van der Waals surface area contributed by atoms with Gasteiger partial charge >= 0.3 is 0 Å². The molecule has 0 heterocycles. The summed E-state index contributed by atoms with van der Waals surface area (Å²) in [7, 11) is 3.45. The van der Waals surface area contributed by atoms with Crippen molar-refractivity contribution in [2.75, 3.05) is 20.8 Å². The van der Waals surface area contributed by atoms with Crippen LogP contribution in [0.4, 0.5) is 0 Å². The molecule has 1 N–H and O–H groups in total. The van der Waals surface area contributed by atoms with E-state index in [1.807, 2.05) is 6.07 Å². The summed E-state index contributed by atoms with van der Waals surface area (Å²) in [5.74, 6) is 0.859. The monoisotopic (exact) mass is 343 g/mol. The predicted molar refractivity (Wildman–Crippen MR) is 87.6 cm³/mol. The van der Waals surface area contributed by atoms with Crippen LogP contribution < -0.4 is 10.1 Å². The van der Waals surface area contributed by atoms with Crippen molar-refractivity contribution in [3.63, 3.8) is 0 Å². The molecule has 1 aromatic carbocycles. The molecule has 0 spiro atoms. The quantitative estimate of drug-likeness (QED) is 0.778. The summed E-state index contributed by atoms with van der Waals surface area (Å²) in [5, 5.41) is 3.59. The van der Waals surface area contributed by atoms with Crippen molar-refractivity contribution in [2.45, 2.75) is 45.3 Å². The van der Waals surface area contributed by atoms with Crippen molar-refractivity contribution in [1.82, 2.24) is 5.32 Å². The van der Waals surface area contributed by atoms with Crippen LogP contribution >= 0.6 is 15.9 Å². The highest BCUT2D eigenvalue weighted by atomic mass is 79.9. The van der Waals surface area contributed by atoms with Gasteiger partial charge in [0.05, 0.1) is 17.2 Å². The molecule has 0 saturated heterocycles. The molecule has 3 nitrogen and oxygen atoms in total. The molecule has 1 rings (SSSR count). The van der Waals surface area contributed by atoms with Gasteiger partial charge in [-0.25, -0.2) is 0 Å². The van der Waals surface area contributed by atoms with E-state index in [9.17, 15) is 0 Å². The lowest BCUT2D eigenvalue weighted by Gasteiger charge is -2.34. The molecule has 1 atom stereocenters. The van der Waals surface area contributed by atoms with E-state index in [1.165, 1.54) is 5.56 Å². The van der Waals surface area contributed by atoms with Gasteiger partial charge < -0.3 is 14.8 Å². The maximum atomic E-state index is 5.65. The Balaban J connectivity index is 2.86. The second-order valence-corrected chi connectivity index (χ2v) is 6.34. The first-order chi connectivity index (χ1) is 9.44. The Morgan fingerprint density at radius 2 is 2.00 bits per heavy atom. The average Bonchev–Trinajstić information content (AvgIpc) is 2.43. The Morgan fingerprint density at radius 3 is 2.50 bits per heavy atom. The van der Waals surface area contributed by atoms with Gasteiger partial charge in [-0.3, -0.25) is 0 Å². The summed E-state index contributed by atoms with van der Waals surface area (Å²) < 4.78 is 11.9. The molecule has 1 unspecified atom stereocenters. The Kier molecular flexibility index (Phi) is 7.00. The molecule has 1 aromatic rings. The fourth-order valence-electron chi connectivity index (χ4n) is 2.10. The average molecular weight is 344 g/mol. The molecule has 0 aliphatic carbocycles. The van der Waals surface area contributed by atoms with E-state index < -0.39 is 0 Å². The third-order valence-corrected chi connectivity index (χ3v) is 4.28. The molecule has 0 aliphatic heterocycles. The van der Waals surface area contributed by atoms with Gasteiger partial charge in [0.25, 0.3) is 0 Å². The highest BCUT2D eigenvalue weighted by Crippen LogP contribution is 2.27. The number of ether oxygens (including phenoxy) is 2. The minimum absolute atomic E-state index is 0.207. The minimum atomic E-state index is -0.207. The van der Waals surface area contributed by atoms with Crippen molar-refractivity contribution >= 4 is 15.9 Å². The maximum Gasteiger partial charge on any atom is 0.133 e. The first-order valence-corrected chi connectivity index (χ1v) is 7.84. The fraction of sp³-hybridized carbons (Fsp3) is 0.625. The van der Waals surface area contributed by atoms with Crippen LogP contribution in [0.5, 0.6) is 5.75 Å². The van der Waals surface area contributed by atoms with E-state index in [1.54, 1.807) is 14.2 Å². The molecule has 0 saturated carbocycles. The molecule has 0 bridgehead atoms. The van der Waals surface area contributed by atoms with Crippen molar-refractivity contribution < 1.29 is 9.47 Å². The summed E-state index contributed by atoms with van der Waals surface area (Å²) in [6.45, 7) is 7.42. The second kappa shape index (κ2) is 8.01. The van der Waals surface area contributed by atoms with E-state index in [0.717, 1.165) is 29.6 Å². The number of hydrogen-bond acceptors (Lipinski definition) is 3. The Labute approximate surface area is 131 Å². The number of rotatable bonds is 8. The first kappa shape index (κ1) is 17.5. The van der Waals surface area contributed by atoms with Gasteiger partial charge in [0, 0.05) is 13.2 Å². The molecule has 20 heavy (non-hydrogen) atoms. The van der Waals surface area contributed by atoms with Crippen LogP contribution in [0.3, 0.4) is 0 Å². The topological polar surface area (TPSA) is 30.5 Å². The zero-order chi connectivity index (χ0) is 15.2. The SMILES string of the molecule is CCCNC(Cc1ccc(OC)c(Br)c1)C(C)(C)OC. The largest absolute Gasteiger partial charge is 0.496 e. The number of nitrogens with one attached hydrogen (secondary N) is 1. The lowest BCUT2D eigenvalue weighted by molar-refractivity contribution is -0.00998. The number of methoxy groups -OCH3 is 2. The Bertz CT molecular complexity index is 421. The molecular weight excluding hydrogens is 318 g/mol. The van der Waals surface area contributed by atoms with Crippen LogP contribution in [0.25, 0.3) is 0 Å². The van der Waals surface area contributed by atoms with Crippen LogP contribution in [-0.4, -0.2) is 32.4 Å². The third-order valence-electron chi connectivity index (χ3n) is 3.66. The van der Waals surface area contributed by atoms with Crippen LogP contribution in [0.2, 0.25) is 0 Å². The van der Waals surface area contributed by atoms with Gasteiger partial charge in [0.2, 0.25) is 0 Å². The number of hydrogen-bond donors (Lipinski definition) is 1. The Hall–Kier alpha value is -0.580. The van der Waals surface area contributed by atoms with Crippen molar-refractivity contribution in [2.24, 2.45) is 0 Å². The molecule has 0 aromatic heterocycles. The second-order valence-electron chi connectivity index (χ2n) is 5.49. The number of halogens is 1. The lowest BCUT2D eigenvalue weighted by Crippen LogP contribution is -2.49. The van der Waals surface area contributed by atoms with Gasteiger partial charge in [-0.2, -0.15) is 0 Å². The van der Waals surface area contributed by atoms with E-state index in [4.69, 9.17) is 9.47 Å². The highest BCUT2D eigenvalue weighted by Gasteiger charge is 2.28.